The first-order chi connectivity index (χ1) is 11.8. The summed E-state index contributed by atoms with van der Waals surface area (Å²) in [4.78, 5) is 2.08. The maximum Gasteiger partial charge on any atom is 0.214 e. The Labute approximate surface area is 150 Å². The Hall–Kier alpha value is -1.19. The number of nitrogens with zero attached hydrogens (tertiary/aromatic N) is 2. The van der Waals surface area contributed by atoms with Gasteiger partial charge in [0.25, 0.3) is 0 Å². The monoisotopic (exact) mass is 372 g/mol. The highest BCUT2D eigenvalue weighted by Crippen LogP contribution is 2.25. The lowest BCUT2D eigenvalue weighted by molar-refractivity contribution is 0.148. The van der Waals surface area contributed by atoms with Crippen LogP contribution in [0, 0.1) is 5.92 Å². The van der Waals surface area contributed by atoms with Crippen molar-refractivity contribution in [1.29, 1.82) is 0 Å². The number of hydrogen-bond donors (Lipinski definition) is 1. The Morgan fingerprint density at radius 2 is 2.00 bits per heavy atom. The van der Waals surface area contributed by atoms with Gasteiger partial charge >= 0.3 is 0 Å². The predicted molar refractivity (Wildman–Crippen MR) is 96.0 cm³/mol. The van der Waals surface area contributed by atoms with E-state index >= 15 is 0 Å². The molecule has 2 atom stereocenters. The van der Waals surface area contributed by atoms with Gasteiger partial charge < -0.3 is 14.6 Å². The molecule has 0 saturated carbocycles. The normalized spacial score (nSPS) is 21.8. The van der Waals surface area contributed by atoms with Crippen molar-refractivity contribution < 1.29 is 23.0 Å². The number of methoxy groups -OCH3 is 2. The van der Waals surface area contributed by atoms with Crippen LogP contribution in [0.1, 0.15) is 11.1 Å². The number of aliphatic hydroxyl groups excluding tert-OH is 1. The van der Waals surface area contributed by atoms with E-state index in [1.54, 1.807) is 14.2 Å². The minimum atomic E-state index is -3.32. The van der Waals surface area contributed by atoms with Gasteiger partial charge in [-0.2, -0.15) is 0 Å². The van der Waals surface area contributed by atoms with Gasteiger partial charge in [0.1, 0.15) is 5.75 Å². The summed E-state index contributed by atoms with van der Waals surface area (Å²) in [5, 5.41) is 10.2. The molecule has 0 aliphatic carbocycles. The third-order valence-corrected chi connectivity index (χ3v) is 6.48. The van der Waals surface area contributed by atoms with Crippen molar-refractivity contribution in [3.8, 4) is 5.75 Å². The molecular weight excluding hydrogens is 344 g/mol. The maximum atomic E-state index is 12.1. The SMILES string of the molecule is COCc1cc(CN2C[C@@H](CS(=O)(=O)N(C)C)[C@@H](O)C2)ccc1OC. The Morgan fingerprint density at radius 3 is 2.60 bits per heavy atom. The van der Waals surface area contributed by atoms with Crippen molar-refractivity contribution in [3.05, 3.63) is 29.3 Å². The largest absolute Gasteiger partial charge is 0.496 e. The summed E-state index contributed by atoms with van der Waals surface area (Å²) in [6, 6.07) is 5.91. The van der Waals surface area contributed by atoms with Gasteiger partial charge in [0.05, 0.1) is 25.6 Å². The molecule has 2 rings (SSSR count). The molecule has 8 heteroatoms. The zero-order valence-electron chi connectivity index (χ0n) is 15.3. The molecule has 1 heterocycles. The molecule has 0 amide bonds. The number of β-amino-alcohol motifs (C(OH)–C–C–N with tert-alkyl or cyclic N) is 1. The lowest BCUT2D eigenvalue weighted by atomic mass is 10.1. The van der Waals surface area contributed by atoms with Crippen LogP contribution in [0.15, 0.2) is 18.2 Å². The van der Waals surface area contributed by atoms with E-state index in [0.29, 0.717) is 26.2 Å². The van der Waals surface area contributed by atoms with Crippen LogP contribution in [-0.2, 0) is 27.9 Å². The highest BCUT2D eigenvalue weighted by atomic mass is 32.2. The zero-order valence-corrected chi connectivity index (χ0v) is 16.1. The second-order valence-corrected chi connectivity index (χ2v) is 8.89. The van der Waals surface area contributed by atoms with Crippen LogP contribution in [0.25, 0.3) is 0 Å². The van der Waals surface area contributed by atoms with E-state index in [1.165, 1.54) is 18.4 Å². The van der Waals surface area contributed by atoms with Crippen LogP contribution in [0.3, 0.4) is 0 Å². The molecular formula is C17H28N2O5S. The van der Waals surface area contributed by atoms with E-state index in [9.17, 15) is 13.5 Å². The van der Waals surface area contributed by atoms with E-state index in [4.69, 9.17) is 9.47 Å². The highest BCUT2D eigenvalue weighted by Gasteiger charge is 2.35. The second kappa shape index (κ2) is 8.46. The molecule has 1 aromatic carbocycles. The fraction of sp³-hybridized carbons (Fsp3) is 0.647. The zero-order chi connectivity index (χ0) is 18.6. The lowest BCUT2D eigenvalue weighted by Crippen LogP contribution is -2.33. The molecule has 0 bridgehead atoms. The quantitative estimate of drug-likeness (QED) is 0.717. The van der Waals surface area contributed by atoms with Gasteiger partial charge in [-0.3, -0.25) is 4.90 Å². The Kier molecular flexibility index (Phi) is 6.81. The lowest BCUT2D eigenvalue weighted by Gasteiger charge is -2.18. The third-order valence-electron chi connectivity index (χ3n) is 4.51. The van der Waals surface area contributed by atoms with E-state index in [1.807, 2.05) is 18.2 Å². The first kappa shape index (κ1) is 20.1. The second-order valence-electron chi connectivity index (χ2n) is 6.66. The van der Waals surface area contributed by atoms with E-state index in [2.05, 4.69) is 4.90 Å². The van der Waals surface area contributed by atoms with Crippen molar-refractivity contribution in [2.45, 2.75) is 19.3 Å². The molecule has 1 fully saturated rings. The number of rotatable bonds is 8. The average Bonchev–Trinajstić information content (AvgIpc) is 2.86. The van der Waals surface area contributed by atoms with Gasteiger partial charge in [-0.1, -0.05) is 6.07 Å². The number of ether oxygens (including phenoxy) is 2. The smallest absolute Gasteiger partial charge is 0.214 e. The summed E-state index contributed by atoms with van der Waals surface area (Å²) in [6.45, 7) is 2.14. The predicted octanol–water partition coefficient (Wildman–Crippen LogP) is 0.526. The summed E-state index contributed by atoms with van der Waals surface area (Å²) >= 11 is 0. The minimum absolute atomic E-state index is 0.0325. The molecule has 0 unspecified atom stereocenters. The number of benzene rings is 1. The molecule has 25 heavy (non-hydrogen) atoms. The van der Waals surface area contributed by atoms with Gasteiger partial charge in [0.2, 0.25) is 10.0 Å². The number of aliphatic hydroxyl groups is 1. The van der Waals surface area contributed by atoms with Crippen molar-refractivity contribution in [2.24, 2.45) is 5.92 Å². The van der Waals surface area contributed by atoms with Gasteiger partial charge in [-0.05, 0) is 17.7 Å². The molecule has 1 aromatic rings. The number of likely N-dealkylation sites (tertiary alicyclic amines) is 1. The number of sulfonamides is 1. The summed E-state index contributed by atoms with van der Waals surface area (Å²) in [7, 11) is 2.98. The first-order valence-electron chi connectivity index (χ1n) is 8.22. The van der Waals surface area contributed by atoms with Gasteiger partial charge in [0, 0.05) is 52.3 Å². The van der Waals surface area contributed by atoms with Crippen LogP contribution < -0.4 is 4.74 Å². The molecule has 1 saturated heterocycles. The van der Waals surface area contributed by atoms with Crippen LogP contribution in [0.2, 0.25) is 0 Å². The minimum Gasteiger partial charge on any atom is -0.496 e. The number of hydrogen-bond acceptors (Lipinski definition) is 6. The summed E-state index contributed by atoms with van der Waals surface area (Å²) < 4.78 is 35.8. The molecule has 1 aliphatic rings. The topological polar surface area (TPSA) is 79.3 Å². The van der Waals surface area contributed by atoms with Crippen molar-refractivity contribution >= 4 is 10.0 Å². The average molecular weight is 372 g/mol. The molecule has 1 N–H and O–H groups in total. The Bertz CT molecular complexity index is 678. The van der Waals surface area contributed by atoms with E-state index in [-0.39, 0.29) is 11.7 Å². The van der Waals surface area contributed by atoms with Crippen molar-refractivity contribution in [2.75, 3.05) is 47.2 Å². The molecule has 7 nitrogen and oxygen atoms in total. The fourth-order valence-electron chi connectivity index (χ4n) is 3.11. The van der Waals surface area contributed by atoms with Gasteiger partial charge in [-0.25, -0.2) is 12.7 Å². The Balaban J connectivity index is 2.03. The Morgan fingerprint density at radius 1 is 1.28 bits per heavy atom. The molecule has 0 radical (unpaired) electrons. The molecule has 142 valence electrons. The maximum absolute atomic E-state index is 12.1. The van der Waals surface area contributed by atoms with Crippen molar-refractivity contribution in [1.82, 2.24) is 9.21 Å². The molecule has 0 spiro atoms. The summed E-state index contributed by atoms with van der Waals surface area (Å²) in [5.41, 5.74) is 2.05. The standard InChI is InChI=1S/C17H28N2O5S/c1-18(2)25(21,22)12-15-9-19(10-16(15)20)8-13-5-6-17(24-4)14(7-13)11-23-3/h5-7,15-16,20H,8-12H2,1-4H3/t15-,16-/m0/s1. The fourth-order valence-corrected chi connectivity index (χ4v) is 4.28. The van der Waals surface area contributed by atoms with Crippen LogP contribution in [0.4, 0.5) is 0 Å². The molecule has 0 aromatic heterocycles. The highest BCUT2D eigenvalue weighted by molar-refractivity contribution is 7.89. The van der Waals surface area contributed by atoms with Crippen LogP contribution in [0.5, 0.6) is 5.75 Å². The summed E-state index contributed by atoms with van der Waals surface area (Å²) in [5.74, 6) is 0.473. The third kappa shape index (κ3) is 5.15. The van der Waals surface area contributed by atoms with Crippen LogP contribution >= 0.6 is 0 Å². The first-order valence-corrected chi connectivity index (χ1v) is 9.83. The van der Waals surface area contributed by atoms with Crippen molar-refractivity contribution in [3.63, 3.8) is 0 Å². The van der Waals surface area contributed by atoms with Gasteiger partial charge in [-0.15, -0.1) is 0 Å². The van der Waals surface area contributed by atoms with Gasteiger partial charge in [0.15, 0.2) is 0 Å². The summed E-state index contributed by atoms with van der Waals surface area (Å²) in [6.07, 6.45) is -0.633. The van der Waals surface area contributed by atoms with E-state index in [0.717, 1.165) is 16.9 Å². The van der Waals surface area contributed by atoms with E-state index < -0.39 is 16.1 Å². The molecule has 1 aliphatic heterocycles. The van der Waals surface area contributed by atoms with Crippen LogP contribution in [-0.4, -0.2) is 76.0 Å².